The highest BCUT2D eigenvalue weighted by Crippen LogP contribution is 2.08. The SMILES string of the molecule is CCCCCC/C(=C/F)CN. The molecule has 0 bridgehead atoms. The van der Waals surface area contributed by atoms with Crippen LogP contribution >= 0.6 is 0 Å². The molecule has 0 saturated carbocycles. The lowest BCUT2D eigenvalue weighted by Crippen LogP contribution is -2.02. The first kappa shape index (κ1) is 10.6. The van der Waals surface area contributed by atoms with Crippen molar-refractivity contribution in [3.05, 3.63) is 11.9 Å². The average molecular weight is 159 g/mol. The smallest absolute Gasteiger partial charge is 0.0871 e. The van der Waals surface area contributed by atoms with Crippen LogP contribution in [0.1, 0.15) is 39.0 Å². The Hall–Kier alpha value is -0.370. The van der Waals surface area contributed by atoms with Crippen LogP contribution in [-0.2, 0) is 0 Å². The highest BCUT2D eigenvalue weighted by Gasteiger charge is 1.94. The summed E-state index contributed by atoms with van der Waals surface area (Å²) in [5, 5.41) is 0. The van der Waals surface area contributed by atoms with Gasteiger partial charge in [-0.2, -0.15) is 0 Å². The van der Waals surface area contributed by atoms with Crippen LogP contribution in [0.2, 0.25) is 0 Å². The minimum absolute atomic E-state index is 0.364. The molecule has 0 aliphatic heterocycles. The maximum atomic E-state index is 11.9. The molecule has 0 aromatic heterocycles. The van der Waals surface area contributed by atoms with Gasteiger partial charge in [-0.25, -0.2) is 4.39 Å². The van der Waals surface area contributed by atoms with Gasteiger partial charge in [-0.05, 0) is 18.4 Å². The van der Waals surface area contributed by atoms with Gasteiger partial charge in [-0.15, -0.1) is 0 Å². The molecule has 0 fully saturated rings. The first-order chi connectivity index (χ1) is 5.35. The van der Waals surface area contributed by atoms with E-state index in [1.807, 2.05) is 0 Å². The van der Waals surface area contributed by atoms with Crippen molar-refractivity contribution in [2.24, 2.45) is 5.73 Å². The molecule has 0 radical (unpaired) electrons. The molecule has 0 aliphatic rings. The Bertz CT molecular complexity index is 110. The van der Waals surface area contributed by atoms with E-state index in [9.17, 15) is 4.39 Å². The predicted octanol–water partition coefficient (Wildman–Crippen LogP) is 2.77. The van der Waals surface area contributed by atoms with Gasteiger partial charge in [0.05, 0.1) is 6.33 Å². The first-order valence-electron chi connectivity index (χ1n) is 4.33. The average Bonchev–Trinajstić information content (AvgIpc) is 2.05. The fourth-order valence-corrected chi connectivity index (χ4v) is 0.980. The largest absolute Gasteiger partial charge is 0.327 e. The number of halogens is 1. The lowest BCUT2D eigenvalue weighted by molar-refractivity contribution is 0.640. The Morgan fingerprint density at radius 2 is 2.09 bits per heavy atom. The zero-order valence-corrected chi connectivity index (χ0v) is 7.28. The molecule has 66 valence electrons. The van der Waals surface area contributed by atoms with E-state index in [1.165, 1.54) is 19.3 Å². The number of hydrogen-bond acceptors (Lipinski definition) is 1. The summed E-state index contributed by atoms with van der Waals surface area (Å²) < 4.78 is 11.9. The highest BCUT2D eigenvalue weighted by atomic mass is 19.1. The summed E-state index contributed by atoms with van der Waals surface area (Å²) in [7, 11) is 0. The van der Waals surface area contributed by atoms with Gasteiger partial charge in [0, 0.05) is 6.54 Å². The van der Waals surface area contributed by atoms with Gasteiger partial charge in [0.15, 0.2) is 0 Å². The third-order valence-electron chi connectivity index (χ3n) is 1.77. The van der Waals surface area contributed by atoms with E-state index in [1.54, 1.807) is 0 Å². The third kappa shape index (κ3) is 6.05. The van der Waals surface area contributed by atoms with Crippen molar-refractivity contribution >= 4 is 0 Å². The van der Waals surface area contributed by atoms with E-state index in [-0.39, 0.29) is 0 Å². The van der Waals surface area contributed by atoms with Crippen molar-refractivity contribution in [1.29, 1.82) is 0 Å². The fourth-order valence-electron chi connectivity index (χ4n) is 0.980. The second-order valence-corrected chi connectivity index (χ2v) is 2.78. The molecular weight excluding hydrogens is 141 g/mol. The van der Waals surface area contributed by atoms with E-state index in [2.05, 4.69) is 6.92 Å². The number of nitrogens with two attached hydrogens (primary N) is 1. The molecule has 0 atom stereocenters. The summed E-state index contributed by atoms with van der Waals surface area (Å²) in [6.07, 6.45) is 6.19. The summed E-state index contributed by atoms with van der Waals surface area (Å²) in [5.41, 5.74) is 6.03. The zero-order valence-electron chi connectivity index (χ0n) is 7.28. The Morgan fingerprint density at radius 3 is 2.55 bits per heavy atom. The number of rotatable bonds is 6. The summed E-state index contributed by atoms with van der Waals surface area (Å²) in [4.78, 5) is 0. The molecule has 0 rings (SSSR count). The monoisotopic (exact) mass is 159 g/mol. The van der Waals surface area contributed by atoms with Crippen LogP contribution in [0.4, 0.5) is 4.39 Å². The van der Waals surface area contributed by atoms with E-state index in [0.29, 0.717) is 12.9 Å². The Morgan fingerprint density at radius 1 is 1.36 bits per heavy atom. The third-order valence-corrected chi connectivity index (χ3v) is 1.77. The maximum absolute atomic E-state index is 11.9. The number of unbranched alkanes of at least 4 members (excludes halogenated alkanes) is 3. The van der Waals surface area contributed by atoms with Crippen molar-refractivity contribution in [3.63, 3.8) is 0 Å². The normalized spacial score (nSPS) is 12.1. The quantitative estimate of drug-likeness (QED) is 0.592. The molecule has 0 aromatic carbocycles. The Labute approximate surface area is 68.5 Å². The second kappa shape index (κ2) is 7.73. The van der Waals surface area contributed by atoms with Gasteiger partial charge in [0.2, 0.25) is 0 Å². The van der Waals surface area contributed by atoms with Gasteiger partial charge in [0.1, 0.15) is 0 Å². The summed E-state index contributed by atoms with van der Waals surface area (Å²) in [6, 6.07) is 0. The van der Waals surface area contributed by atoms with Gasteiger partial charge >= 0.3 is 0 Å². The van der Waals surface area contributed by atoms with Gasteiger partial charge in [-0.1, -0.05) is 26.2 Å². The topological polar surface area (TPSA) is 26.0 Å². The van der Waals surface area contributed by atoms with E-state index < -0.39 is 0 Å². The lowest BCUT2D eigenvalue weighted by Gasteiger charge is -2.00. The van der Waals surface area contributed by atoms with Crippen LogP contribution < -0.4 is 5.73 Å². The van der Waals surface area contributed by atoms with Crippen molar-refractivity contribution in [2.75, 3.05) is 6.54 Å². The Balaban J connectivity index is 3.22. The second-order valence-electron chi connectivity index (χ2n) is 2.78. The summed E-state index contributed by atoms with van der Waals surface area (Å²) in [6.45, 7) is 2.53. The molecule has 11 heavy (non-hydrogen) atoms. The van der Waals surface area contributed by atoms with Crippen LogP contribution in [0.25, 0.3) is 0 Å². The highest BCUT2D eigenvalue weighted by molar-refractivity contribution is 4.98. The van der Waals surface area contributed by atoms with Crippen molar-refractivity contribution in [3.8, 4) is 0 Å². The molecule has 0 amide bonds. The van der Waals surface area contributed by atoms with Crippen LogP contribution in [0, 0.1) is 0 Å². The van der Waals surface area contributed by atoms with E-state index in [0.717, 1.165) is 18.4 Å². The number of hydrogen-bond donors (Lipinski definition) is 1. The van der Waals surface area contributed by atoms with Crippen LogP contribution in [0.3, 0.4) is 0 Å². The van der Waals surface area contributed by atoms with Crippen molar-refractivity contribution in [2.45, 2.75) is 39.0 Å². The van der Waals surface area contributed by atoms with Gasteiger partial charge in [0.25, 0.3) is 0 Å². The van der Waals surface area contributed by atoms with Crippen LogP contribution in [-0.4, -0.2) is 6.54 Å². The summed E-state index contributed by atoms with van der Waals surface area (Å²) in [5.74, 6) is 0. The van der Waals surface area contributed by atoms with Crippen molar-refractivity contribution < 1.29 is 4.39 Å². The molecule has 2 heteroatoms. The maximum Gasteiger partial charge on any atom is 0.0871 e. The fraction of sp³-hybridized carbons (Fsp3) is 0.778. The predicted molar refractivity (Wildman–Crippen MR) is 47.0 cm³/mol. The van der Waals surface area contributed by atoms with Gasteiger partial charge < -0.3 is 5.73 Å². The molecular formula is C9H18FN. The molecule has 0 unspecified atom stereocenters. The van der Waals surface area contributed by atoms with Crippen LogP contribution in [0.15, 0.2) is 11.9 Å². The van der Waals surface area contributed by atoms with Crippen molar-refractivity contribution in [1.82, 2.24) is 0 Å². The molecule has 1 nitrogen and oxygen atoms in total. The molecule has 0 heterocycles. The van der Waals surface area contributed by atoms with E-state index in [4.69, 9.17) is 5.73 Å². The molecule has 0 aromatic rings. The Kier molecular flexibility index (Phi) is 7.47. The van der Waals surface area contributed by atoms with E-state index >= 15 is 0 Å². The standard InChI is InChI=1S/C9H18FN/c1-2-3-4-5-6-9(7-10)8-11/h7H,2-6,8,11H2,1H3/b9-7-. The molecule has 0 spiro atoms. The van der Waals surface area contributed by atoms with Gasteiger partial charge in [-0.3, -0.25) is 0 Å². The molecule has 0 saturated heterocycles. The minimum atomic E-state index is 0.364. The minimum Gasteiger partial charge on any atom is -0.327 e. The van der Waals surface area contributed by atoms with Crippen LogP contribution in [0.5, 0.6) is 0 Å². The first-order valence-corrected chi connectivity index (χ1v) is 4.33. The lowest BCUT2D eigenvalue weighted by atomic mass is 10.1. The summed E-state index contributed by atoms with van der Waals surface area (Å²) >= 11 is 0. The molecule has 2 N–H and O–H groups in total. The molecule has 0 aliphatic carbocycles. The zero-order chi connectivity index (χ0) is 8.53.